The molecule has 10 heteroatoms. The van der Waals surface area contributed by atoms with Gasteiger partial charge in [0.1, 0.15) is 0 Å². The smallest absolute Gasteiger partial charge is 0.304 e. The van der Waals surface area contributed by atoms with E-state index in [-0.39, 0.29) is 17.4 Å². The maximum Gasteiger partial charge on any atom is 0.304 e. The first-order valence-electron chi connectivity index (χ1n) is 7.44. The minimum Gasteiger partial charge on any atom is -0.429 e. The number of H-pyrrole nitrogens is 1. The first-order valence-corrected chi connectivity index (χ1v) is 7.44. The third kappa shape index (κ3) is 3.34. The zero-order chi connectivity index (χ0) is 18.8. The van der Waals surface area contributed by atoms with Crippen molar-refractivity contribution < 1.29 is 23.6 Å². The van der Waals surface area contributed by atoms with Crippen LogP contribution in [0.25, 0.3) is 11.0 Å². The fraction of sp³-hybridized carbons (Fsp3) is 0.125. The van der Waals surface area contributed by atoms with Crippen LogP contribution in [0.5, 0.6) is 0 Å². The molecule has 0 bridgehead atoms. The second-order valence-electron chi connectivity index (χ2n) is 5.38. The quantitative estimate of drug-likeness (QED) is 0.334. The predicted molar refractivity (Wildman–Crippen MR) is 88.4 cm³/mol. The Morgan fingerprint density at radius 3 is 2.58 bits per heavy atom. The highest BCUT2D eigenvalue weighted by Gasteiger charge is 2.25. The molecule has 26 heavy (non-hydrogen) atoms. The van der Waals surface area contributed by atoms with Crippen molar-refractivity contribution in [3.05, 3.63) is 41.6 Å². The first-order chi connectivity index (χ1) is 12.3. The monoisotopic (exact) mass is 355 g/mol. The number of aromatic amines is 1. The van der Waals surface area contributed by atoms with Crippen LogP contribution in [-0.4, -0.2) is 38.3 Å². The Labute approximate surface area is 145 Å². The molecule has 0 fully saturated rings. The van der Waals surface area contributed by atoms with E-state index in [2.05, 4.69) is 20.3 Å². The lowest BCUT2D eigenvalue weighted by atomic mass is 10.1. The van der Waals surface area contributed by atoms with Crippen LogP contribution in [0.15, 0.2) is 28.7 Å². The number of para-hydroxylation sites is 2. The molecule has 0 spiro atoms. The number of carbonyl (C=O) groups is 4. The molecule has 0 radical (unpaired) electrons. The minimum absolute atomic E-state index is 0.0869. The number of hydrogen-bond acceptors (Lipinski definition) is 7. The van der Waals surface area contributed by atoms with Gasteiger partial charge in [-0.15, -0.1) is 0 Å². The largest absolute Gasteiger partial charge is 0.429 e. The number of oxazole rings is 1. The van der Waals surface area contributed by atoms with Gasteiger partial charge in [-0.25, -0.2) is 9.97 Å². The number of carbonyl (C=O) groups excluding carboxylic acids is 4. The Morgan fingerprint density at radius 2 is 1.92 bits per heavy atom. The van der Waals surface area contributed by atoms with Crippen LogP contribution >= 0.6 is 0 Å². The van der Waals surface area contributed by atoms with Crippen molar-refractivity contribution in [1.82, 2.24) is 15.0 Å². The number of aromatic nitrogens is 3. The van der Waals surface area contributed by atoms with Crippen molar-refractivity contribution in [2.24, 2.45) is 5.73 Å². The SMILES string of the molecule is Cc1nc(C(N)=O)oc1C(=O)CC(=O)C(=O)Nc1nc2ccccc2[nH]1. The van der Waals surface area contributed by atoms with Crippen molar-refractivity contribution >= 4 is 40.4 Å². The van der Waals surface area contributed by atoms with Crippen LogP contribution in [-0.2, 0) is 9.59 Å². The third-order valence-corrected chi connectivity index (χ3v) is 3.46. The molecule has 0 saturated carbocycles. The zero-order valence-electron chi connectivity index (χ0n) is 13.5. The molecule has 0 atom stereocenters. The van der Waals surface area contributed by atoms with Gasteiger partial charge in [-0.2, -0.15) is 0 Å². The lowest BCUT2D eigenvalue weighted by Crippen LogP contribution is -2.25. The number of Topliss-reactive ketones (excluding diaryl/α,β-unsaturated/α-hetero) is 2. The number of aryl methyl sites for hydroxylation is 1. The Morgan fingerprint density at radius 1 is 1.19 bits per heavy atom. The molecule has 2 heterocycles. The molecule has 4 N–H and O–H groups in total. The molecular weight excluding hydrogens is 342 g/mol. The Kier molecular flexibility index (Phi) is 4.31. The topological polar surface area (TPSA) is 161 Å². The van der Waals surface area contributed by atoms with Gasteiger partial charge in [0.25, 0.3) is 11.8 Å². The summed E-state index contributed by atoms with van der Waals surface area (Å²) < 4.78 is 4.94. The van der Waals surface area contributed by atoms with E-state index in [1.54, 1.807) is 24.3 Å². The van der Waals surface area contributed by atoms with Crippen molar-refractivity contribution in [3.63, 3.8) is 0 Å². The average Bonchev–Trinajstić information content (AvgIpc) is 3.17. The van der Waals surface area contributed by atoms with Gasteiger partial charge in [0.15, 0.2) is 5.76 Å². The third-order valence-electron chi connectivity index (χ3n) is 3.46. The number of nitrogens with zero attached hydrogens (tertiary/aromatic N) is 2. The van der Waals surface area contributed by atoms with E-state index in [1.807, 2.05) is 0 Å². The van der Waals surface area contributed by atoms with Crippen molar-refractivity contribution in [2.75, 3.05) is 5.32 Å². The van der Waals surface area contributed by atoms with Crippen molar-refractivity contribution in [1.29, 1.82) is 0 Å². The van der Waals surface area contributed by atoms with Crippen LogP contribution in [0.4, 0.5) is 5.95 Å². The van der Waals surface area contributed by atoms with Gasteiger partial charge in [0.05, 0.1) is 23.1 Å². The highest BCUT2D eigenvalue weighted by Crippen LogP contribution is 2.15. The standard InChI is InChI=1S/C16H13N5O5/c1-7-12(26-15(18-7)13(17)24)10(22)6-11(23)14(25)21-16-19-8-4-2-3-5-9(8)20-16/h2-5H,6H2,1H3,(H2,17,24)(H2,19,20,21,25). The fourth-order valence-corrected chi connectivity index (χ4v) is 2.26. The Bertz CT molecular complexity index is 1020. The summed E-state index contributed by atoms with van der Waals surface area (Å²) >= 11 is 0. The van der Waals surface area contributed by atoms with Crippen LogP contribution in [0.1, 0.15) is 33.4 Å². The maximum atomic E-state index is 12.1. The summed E-state index contributed by atoms with van der Waals surface area (Å²) in [6.07, 6.45) is -0.750. The molecule has 0 aliphatic carbocycles. The number of ketones is 2. The predicted octanol–water partition coefficient (Wildman–Crippen LogP) is 0.739. The van der Waals surface area contributed by atoms with E-state index in [4.69, 9.17) is 10.2 Å². The first kappa shape index (κ1) is 17.0. The molecule has 3 aromatic rings. The number of nitrogens with two attached hydrogens (primary N) is 1. The van der Waals surface area contributed by atoms with E-state index in [9.17, 15) is 19.2 Å². The lowest BCUT2D eigenvalue weighted by Gasteiger charge is -2.00. The molecule has 2 aromatic heterocycles. The number of primary amides is 1. The van der Waals surface area contributed by atoms with Gasteiger partial charge in [-0.3, -0.25) is 24.5 Å². The fourth-order valence-electron chi connectivity index (χ4n) is 2.26. The maximum absolute atomic E-state index is 12.1. The van der Waals surface area contributed by atoms with Crippen LogP contribution in [0.3, 0.4) is 0 Å². The Hall–Kier alpha value is -3.82. The lowest BCUT2D eigenvalue weighted by molar-refractivity contribution is -0.134. The molecule has 0 aliphatic rings. The summed E-state index contributed by atoms with van der Waals surface area (Å²) in [5, 5.41) is 2.30. The highest BCUT2D eigenvalue weighted by molar-refractivity contribution is 6.43. The van der Waals surface area contributed by atoms with Gasteiger partial charge >= 0.3 is 5.91 Å². The summed E-state index contributed by atoms with van der Waals surface area (Å²) in [4.78, 5) is 57.7. The molecule has 2 amide bonds. The van der Waals surface area contributed by atoms with Gasteiger partial charge < -0.3 is 15.1 Å². The number of imidazole rings is 1. The normalized spacial score (nSPS) is 10.7. The zero-order valence-corrected chi connectivity index (χ0v) is 13.5. The van der Waals surface area contributed by atoms with Gasteiger partial charge in [0.2, 0.25) is 17.5 Å². The van der Waals surface area contributed by atoms with E-state index in [0.717, 1.165) is 0 Å². The minimum atomic E-state index is -1.01. The molecule has 132 valence electrons. The summed E-state index contributed by atoms with van der Waals surface area (Å²) in [5.74, 6) is -4.37. The van der Waals surface area contributed by atoms with E-state index < -0.39 is 35.7 Å². The summed E-state index contributed by atoms with van der Waals surface area (Å²) in [6.45, 7) is 1.42. The van der Waals surface area contributed by atoms with Gasteiger partial charge in [0, 0.05) is 0 Å². The van der Waals surface area contributed by atoms with E-state index in [0.29, 0.717) is 11.0 Å². The van der Waals surface area contributed by atoms with Gasteiger partial charge in [-0.05, 0) is 19.1 Å². The van der Waals surface area contributed by atoms with Crippen LogP contribution in [0, 0.1) is 6.92 Å². The second-order valence-corrected chi connectivity index (χ2v) is 5.38. The number of nitrogens with one attached hydrogen (secondary N) is 2. The summed E-state index contributed by atoms with van der Waals surface area (Å²) in [5.41, 5.74) is 6.42. The number of rotatable bonds is 6. The number of hydrogen-bond donors (Lipinski definition) is 3. The second kappa shape index (κ2) is 6.59. The summed E-state index contributed by atoms with van der Waals surface area (Å²) in [6, 6.07) is 7.05. The van der Waals surface area contributed by atoms with Crippen LogP contribution in [0.2, 0.25) is 0 Å². The molecule has 0 aliphatic heterocycles. The number of anilines is 1. The number of fused-ring (bicyclic) bond motifs is 1. The molecule has 0 saturated heterocycles. The Balaban J connectivity index is 1.68. The van der Waals surface area contributed by atoms with E-state index >= 15 is 0 Å². The molecule has 3 rings (SSSR count). The molecular formula is C16H13N5O5. The van der Waals surface area contributed by atoms with E-state index in [1.165, 1.54) is 6.92 Å². The van der Waals surface area contributed by atoms with Gasteiger partial charge in [-0.1, -0.05) is 12.1 Å². The number of benzene rings is 1. The average molecular weight is 355 g/mol. The van der Waals surface area contributed by atoms with Crippen molar-refractivity contribution in [2.45, 2.75) is 13.3 Å². The molecule has 1 aromatic carbocycles. The number of amides is 2. The molecule has 10 nitrogen and oxygen atoms in total. The van der Waals surface area contributed by atoms with Crippen molar-refractivity contribution in [3.8, 4) is 0 Å². The summed E-state index contributed by atoms with van der Waals surface area (Å²) in [7, 11) is 0. The van der Waals surface area contributed by atoms with Crippen LogP contribution < -0.4 is 11.1 Å². The highest BCUT2D eigenvalue weighted by atomic mass is 16.4. The molecule has 0 unspecified atom stereocenters.